The van der Waals surface area contributed by atoms with E-state index in [-0.39, 0.29) is 12.6 Å². The number of aliphatic hydroxyl groups is 1. The summed E-state index contributed by atoms with van der Waals surface area (Å²) in [5.74, 6) is 0.777. The number of aliphatic hydroxyl groups excluding tert-OH is 1. The van der Waals surface area contributed by atoms with Crippen LogP contribution >= 0.6 is 11.6 Å². The molecule has 26 heavy (non-hydrogen) atoms. The van der Waals surface area contributed by atoms with Crippen LogP contribution in [0.2, 0.25) is 5.02 Å². The fourth-order valence-corrected chi connectivity index (χ4v) is 3.20. The molecule has 0 amide bonds. The van der Waals surface area contributed by atoms with Gasteiger partial charge in [0.1, 0.15) is 12.4 Å². The maximum Gasteiger partial charge on any atom is 0.119 e. The van der Waals surface area contributed by atoms with Crippen LogP contribution in [-0.4, -0.2) is 37.5 Å². The van der Waals surface area contributed by atoms with Gasteiger partial charge in [0.05, 0.1) is 12.6 Å². The summed E-state index contributed by atoms with van der Waals surface area (Å²) in [4.78, 5) is 2.42. The fraction of sp³-hybridized carbons (Fsp3) is 0.429. The highest BCUT2D eigenvalue weighted by molar-refractivity contribution is 6.30. The highest BCUT2D eigenvalue weighted by atomic mass is 35.5. The number of nitrogens with zero attached hydrogens (tertiary/aromatic N) is 1. The monoisotopic (exact) mass is 376 g/mol. The van der Waals surface area contributed by atoms with Crippen LogP contribution in [0.25, 0.3) is 0 Å². The summed E-state index contributed by atoms with van der Waals surface area (Å²) in [7, 11) is 0. The standard InChI is InChI=1S/C19H23ClN2O2.C2H6/c1-14-13-22(17-6-8-18(9-7-17)24-11-10-23)19(12-21-14)15-2-4-16(20)5-3-15;1-2/h2-9,14,19,21,23H,10-13H2,1H3;1-2H3/t14-,19+;/m1./s1. The van der Waals surface area contributed by atoms with Crippen molar-refractivity contribution in [1.29, 1.82) is 0 Å². The quantitative estimate of drug-likeness (QED) is 0.817. The van der Waals surface area contributed by atoms with Gasteiger partial charge in [-0.3, -0.25) is 0 Å². The molecule has 1 fully saturated rings. The van der Waals surface area contributed by atoms with Crippen LogP contribution in [0.4, 0.5) is 5.69 Å². The molecule has 5 heteroatoms. The first kappa shape index (κ1) is 20.6. The lowest BCUT2D eigenvalue weighted by Gasteiger charge is -2.41. The maximum absolute atomic E-state index is 8.85. The second-order valence-corrected chi connectivity index (χ2v) is 6.53. The van der Waals surface area contributed by atoms with Crippen molar-refractivity contribution in [3.05, 3.63) is 59.1 Å². The third kappa shape index (κ3) is 5.37. The maximum atomic E-state index is 8.85. The molecule has 2 aromatic carbocycles. The van der Waals surface area contributed by atoms with Crippen LogP contribution in [0.5, 0.6) is 5.75 Å². The lowest BCUT2D eigenvalue weighted by molar-refractivity contribution is 0.201. The number of ether oxygens (including phenoxy) is 1. The van der Waals surface area contributed by atoms with E-state index in [0.717, 1.165) is 23.9 Å². The van der Waals surface area contributed by atoms with Crippen molar-refractivity contribution in [2.45, 2.75) is 32.9 Å². The van der Waals surface area contributed by atoms with Crippen LogP contribution in [-0.2, 0) is 0 Å². The van der Waals surface area contributed by atoms with Gasteiger partial charge < -0.3 is 20.1 Å². The van der Waals surface area contributed by atoms with Gasteiger partial charge in [0, 0.05) is 29.8 Å². The minimum absolute atomic E-state index is 0.0235. The summed E-state index contributed by atoms with van der Waals surface area (Å²) in [6.07, 6.45) is 0. The van der Waals surface area contributed by atoms with E-state index in [1.165, 1.54) is 11.3 Å². The highest BCUT2D eigenvalue weighted by Gasteiger charge is 2.27. The number of anilines is 1. The van der Waals surface area contributed by atoms with E-state index in [1.807, 2.05) is 38.1 Å². The van der Waals surface area contributed by atoms with Crippen molar-refractivity contribution < 1.29 is 9.84 Å². The average Bonchev–Trinajstić information content (AvgIpc) is 2.69. The minimum atomic E-state index is 0.0235. The zero-order valence-corrected chi connectivity index (χ0v) is 16.5. The fourth-order valence-electron chi connectivity index (χ4n) is 3.08. The summed E-state index contributed by atoms with van der Waals surface area (Å²) >= 11 is 6.03. The van der Waals surface area contributed by atoms with E-state index in [2.05, 4.69) is 41.4 Å². The summed E-state index contributed by atoms with van der Waals surface area (Å²) in [6, 6.07) is 16.8. The Labute approximate surface area is 161 Å². The minimum Gasteiger partial charge on any atom is -0.491 e. The topological polar surface area (TPSA) is 44.7 Å². The molecule has 0 aliphatic carbocycles. The van der Waals surface area contributed by atoms with Crippen molar-refractivity contribution >= 4 is 17.3 Å². The van der Waals surface area contributed by atoms with E-state index in [0.29, 0.717) is 12.6 Å². The van der Waals surface area contributed by atoms with Crippen LogP contribution < -0.4 is 15.0 Å². The average molecular weight is 377 g/mol. The molecule has 4 nitrogen and oxygen atoms in total. The Balaban J connectivity index is 0.00000117. The van der Waals surface area contributed by atoms with Gasteiger partial charge >= 0.3 is 0 Å². The van der Waals surface area contributed by atoms with E-state index >= 15 is 0 Å². The number of halogens is 1. The summed E-state index contributed by atoms with van der Waals surface area (Å²) < 4.78 is 5.45. The van der Waals surface area contributed by atoms with Crippen LogP contribution in [0, 0.1) is 0 Å². The SMILES string of the molecule is CC.C[C@@H]1CN(c2ccc(OCCO)cc2)[C@H](c2ccc(Cl)cc2)CN1. The summed E-state index contributed by atoms with van der Waals surface area (Å²) in [5.41, 5.74) is 2.42. The van der Waals surface area contributed by atoms with E-state index < -0.39 is 0 Å². The Morgan fingerprint density at radius 2 is 1.77 bits per heavy atom. The Kier molecular flexibility index (Phi) is 8.23. The van der Waals surface area contributed by atoms with Gasteiger partial charge in [-0.2, -0.15) is 0 Å². The zero-order chi connectivity index (χ0) is 18.9. The first-order chi connectivity index (χ1) is 12.7. The molecule has 0 spiro atoms. The van der Waals surface area contributed by atoms with E-state index in [4.69, 9.17) is 21.4 Å². The molecule has 0 saturated carbocycles. The molecule has 0 aromatic heterocycles. The molecule has 2 aromatic rings. The van der Waals surface area contributed by atoms with Gasteiger partial charge in [-0.25, -0.2) is 0 Å². The first-order valence-electron chi connectivity index (χ1n) is 9.26. The Morgan fingerprint density at radius 3 is 2.38 bits per heavy atom. The van der Waals surface area contributed by atoms with E-state index in [9.17, 15) is 0 Å². The normalized spacial score (nSPS) is 19.5. The summed E-state index contributed by atoms with van der Waals surface area (Å²) in [6.45, 7) is 8.37. The smallest absolute Gasteiger partial charge is 0.119 e. The van der Waals surface area contributed by atoms with Gasteiger partial charge in [-0.1, -0.05) is 37.6 Å². The van der Waals surface area contributed by atoms with Crippen molar-refractivity contribution in [1.82, 2.24) is 5.32 Å². The second kappa shape index (κ2) is 10.4. The Morgan fingerprint density at radius 1 is 1.12 bits per heavy atom. The first-order valence-corrected chi connectivity index (χ1v) is 9.64. The van der Waals surface area contributed by atoms with Gasteiger partial charge in [0.25, 0.3) is 0 Å². The van der Waals surface area contributed by atoms with Crippen LogP contribution in [0.3, 0.4) is 0 Å². The molecule has 142 valence electrons. The molecule has 1 heterocycles. The van der Waals surface area contributed by atoms with Crippen LogP contribution in [0.1, 0.15) is 32.4 Å². The lowest BCUT2D eigenvalue weighted by atomic mass is 10.0. The van der Waals surface area contributed by atoms with Crippen LogP contribution in [0.15, 0.2) is 48.5 Å². The molecule has 1 aliphatic rings. The molecule has 0 radical (unpaired) electrons. The van der Waals surface area contributed by atoms with Crippen molar-refractivity contribution in [3.63, 3.8) is 0 Å². The predicted molar refractivity (Wildman–Crippen MR) is 109 cm³/mol. The zero-order valence-electron chi connectivity index (χ0n) is 15.8. The number of rotatable bonds is 5. The molecule has 2 atom stereocenters. The molecule has 0 bridgehead atoms. The second-order valence-electron chi connectivity index (χ2n) is 6.09. The molecule has 1 saturated heterocycles. The molecule has 3 rings (SSSR count). The Hall–Kier alpha value is -1.75. The molecular formula is C21H29ClN2O2. The largest absolute Gasteiger partial charge is 0.491 e. The number of piperazine rings is 1. The molecule has 0 unspecified atom stereocenters. The number of benzene rings is 2. The van der Waals surface area contributed by atoms with Gasteiger partial charge in [-0.05, 0) is 48.9 Å². The van der Waals surface area contributed by atoms with Crippen molar-refractivity contribution in [3.8, 4) is 5.75 Å². The predicted octanol–water partition coefficient (Wildman–Crippen LogP) is 4.28. The van der Waals surface area contributed by atoms with Gasteiger partial charge in [0.15, 0.2) is 0 Å². The summed E-state index contributed by atoms with van der Waals surface area (Å²) in [5, 5.41) is 13.2. The van der Waals surface area contributed by atoms with Gasteiger partial charge in [-0.15, -0.1) is 0 Å². The number of hydrogen-bond acceptors (Lipinski definition) is 4. The lowest BCUT2D eigenvalue weighted by Crippen LogP contribution is -2.51. The van der Waals surface area contributed by atoms with Crippen molar-refractivity contribution in [2.24, 2.45) is 0 Å². The third-order valence-corrected chi connectivity index (χ3v) is 4.54. The number of nitrogens with one attached hydrogen (secondary N) is 1. The highest BCUT2D eigenvalue weighted by Crippen LogP contribution is 2.31. The Bertz CT molecular complexity index is 646. The van der Waals surface area contributed by atoms with Gasteiger partial charge in [0.2, 0.25) is 0 Å². The molecule has 1 aliphatic heterocycles. The van der Waals surface area contributed by atoms with Crippen molar-refractivity contribution in [2.75, 3.05) is 31.2 Å². The molecular weight excluding hydrogens is 348 g/mol. The third-order valence-electron chi connectivity index (χ3n) is 4.29. The van der Waals surface area contributed by atoms with E-state index in [1.54, 1.807) is 0 Å². The molecule has 2 N–H and O–H groups in total. The number of hydrogen-bond donors (Lipinski definition) is 2.